The molecule has 0 spiro atoms. The van der Waals surface area contributed by atoms with Gasteiger partial charge in [-0.15, -0.1) is 0 Å². The SMILES string of the molecule is CCN(CC)S(=O)(=O)c1cc(NC(=O)CNc2cccc(F)c2)ccc1C. The van der Waals surface area contributed by atoms with Crippen molar-refractivity contribution in [2.75, 3.05) is 30.3 Å². The molecule has 0 aromatic heterocycles. The molecule has 0 bridgehead atoms. The second-order valence-corrected chi connectivity index (χ2v) is 7.89. The number of rotatable bonds is 8. The van der Waals surface area contributed by atoms with Crippen molar-refractivity contribution in [1.82, 2.24) is 4.31 Å². The summed E-state index contributed by atoms with van der Waals surface area (Å²) < 4.78 is 40.0. The lowest BCUT2D eigenvalue weighted by Crippen LogP contribution is -2.31. The average Bonchev–Trinajstić information content (AvgIpc) is 2.62. The molecule has 0 fully saturated rings. The Morgan fingerprint density at radius 1 is 1.07 bits per heavy atom. The first-order valence-corrected chi connectivity index (χ1v) is 10.1. The van der Waals surface area contributed by atoms with Gasteiger partial charge in [-0.2, -0.15) is 4.31 Å². The lowest BCUT2D eigenvalue weighted by atomic mass is 10.2. The van der Waals surface area contributed by atoms with Crippen LogP contribution >= 0.6 is 0 Å². The number of halogens is 1. The molecule has 8 heteroatoms. The normalized spacial score (nSPS) is 11.4. The Morgan fingerprint density at radius 2 is 1.78 bits per heavy atom. The molecule has 0 saturated heterocycles. The maximum Gasteiger partial charge on any atom is 0.243 e. The van der Waals surface area contributed by atoms with Crippen LogP contribution in [0.5, 0.6) is 0 Å². The van der Waals surface area contributed by atoms with E-state index in [0.717, 1.165) is 0 Å². The van der Waals surface area contributed by atoms with E-state index in [1.54, 1.807) is 45.0 Å². The summed E-state index contributed by atoms with van der Waals surface area (Å²) in [6.45, 7) is 5.93. The number of nitrogens with zero attached hydrogens (tertiary/aromatic N) is 1. The van der Waals surface area contributed by atoms with E-state index in [9.17, 15) is 17.6 Å². The molecule has 2 aromatic rings. The van der Waals surface area contributed by atoms with Gasteiger partial charge in [-0.1, -0.05) is 26.0 Å². The molecule has 0 unspecified atom stereocenters. The summed E-state index contributed by atoms with van der Waals surface area (Å²) in [5, 5.41) is 5.48. The largest absolute Gasteiger partial charge is 0.376 e. The number of carbonyl (C=O) groups is 1. The van der Waals surface area contributed by atoms with Gasteiger partial charge < -0.3 is 10.6 Å². The van der Waals surface area contributed by atoms with Crippen molar-refractivity contribution in [3.05, 3.63) is 53.8 Å². The predicted molar refractivity (Wildman–Crippen MR) is 105 cm³/mol. The molecule has 0 saturated carbocycles. The van der Waals surface area contributed by atoms with Gasteiger partial charge in [0.1, 0.15) is 5.82 Å². The molecule has 2 N–H and O–H groups in total. The highest BCUT2D eigenvalue weighted by Crippen LogP contribution is 2.23. The Morgan fingerprint density at radius 3 is 2.41 bits per heavy atom. The fourth-order valence-corrected chi connectivity index (χ4v) is 4.35. The molecule has 0 aliphatic heterocycles. The lowest BCUT2D eigenvalue weighted by Gasteiger charge is -2.20. The minimum atomic E-state index is -3.63. The van der Waals surface area contributed by atoms with Gasteiger partial charge in [-0.3, -0.25) is 4.79 Å². The van der Waals surface area contributed by atoms with Crippen molar-refractivity contribution in [2.24, 2.45) is 0 Å². The monoisotopic (exact) mass is 393 g/mol. The van der Waals surface area contributed by atoms with Crippen molar-refractivity contribution in [3.63, 3.8) is 0 Å². The first-order valence-electron chi connectivity index (χ1n) is 8.68. The molecule has 6 nitrogen and oxygen atoms in total. The van der Waals surface area contributed by atoms with Gasteiger partial charge in [0.2, 0.25) is 15.9 Å². The Labute approximate surface area is 159 Å². The van der Waals surface area contributed by atoms with E-state index in [1.165, 1.54) is 22.5 Å². The maximum absolute atomic E-state index is 13.2. The Kier molecular flexibility index (Phi) is 6.92. The van der Waals surface area contributed by atoms with E-state index in [2.05, 4.69) is 10.6 Å². The average molecular weight is 393 g/mol. The van der Waals surface area contributed by atoms with Crippen molar-refractivity contribution in [2.45, 2.75) is 25.7 Å². The third kappa shape index (κ3) is 5.27. The number of benzene rings is 2. The Hall–Kier alpha value is -2.45. The first kappa shape index (κ1) is 20.9. The van der Waals surface area contributed by atoms with Crippen molar-refractivity contribution < 1.29 is 17.6 Å². The van der Waals surface area contributed by atoms with Crippen molar-refractivity contribution in [3.8, 4) is 0 Å². The van der Waals surface area contributed by atoms with Crippen LogP contribution in [-0.4, -0.2) is 38.3 Å². The van der Waals surface area contributed by atoms with Gasteiger partial charge in [-0.05, 0) is 42.8 Å². The van der Waals surface area contributed by atoms with Crippen LogP contribution in [0.3, 0.4) is 0 Å². The molecule has 2 aromatic carbocycles. The van der Waals surface area contributed by atoms with Crippen LogP contribution in [0.15, 0.2) is 47.4 Å². The Bertz CT molecular complexity index is 912. The van der Waals surface area contributed by atoms with Crippen LogP contribution in [-0.2, 0) is 14.8 Å². The minimum Gasteiger partial charge on any atom is -0.376 e. The van der Waals surface area contributed by atoms with Crippen molar-refractivity contribution in [1.29, 1.82) is 0 Å². The van der Waals surface area contributed by atoms with E-state index in [4.69, 9.17) is 0 Å². The van der Waals surface area contributed by atoms with Crippen LogP contribution in [0, 0.1) is 12.7 Å². The number of aryl methyl sites for hydroxylation is 1. The van der Waals surface area contributed by atoms with E-state index in [-0.39, 0.29) is 17.3 Å². The van der Waals surface area contributed by atoms with Crippen LogP contribution in [0.25, 0.3) is 0 Å². The quantitative estimate of drug-likeness (QED) is 0.722. The van der Waals surface area contributed by atoms with E-state index in [1.807, 2.05) is 0 Å². The molecule has 0 aliphatic carbocycles. The van der Waals surface area contributed by atoms with E-state index >= 15 is 0 Å². The smallest absolute Gasteiger partial charge is 0.243 e. The first-order chi connectivity index (χ1) is 12.8. The van der Waals surface area contributed by atoms with Crippen LogP contribution in [0.4, 0.5) is 15.8 Å². The predicted octanol–water partition coefficient (Wildman–Crippen LogP) is 3.22. The highest BCUT2D eigenvalue weighted by molar-refractivity contribution is 7.89. The number of hydrogen-bond acceptors (Lipinski definition) is 4. The zero-order valence-electron chi connectivity index (χ0n) is 15.6. The number of anilines is 2. The van der Waals surface area contributed by atoms with Gasteiger partial charge >= 0.3 is 0 Å². The zero-order chi connectivity index (χ0) is 20.0. The molecule has 2 rings (SSSR count). The second-order valence-electron chi connectivity index (χ2n) is 5.98. The molecule has 0 aliphatic rings. The minimum absolute atomic E-state index is 0.0740. The van der Waals surface area contributed by atoms with Crippen LogP contribution in [0.1, 0.15) is 19.4 Å². The number of nitrogens with one attached hydrogen (secondary N) is 2. The van der Waals surface area contributed by atoms with E-state index in [0.29, 0.717) is 30.0 Å². The molecule has 0 heterocycles. The standard InChI is InChI=1S/C19H24FN3O3S/c1-4-23(5-2)27(25,26)18-12-17(10-9-14(18)3)22-19(24)13-21-16-8-6-7-15(20)11-16/h6-12,21H,4-5,13H2,1-3H3,(H,22,24). The summed E-state index contributed by atoms with van der Waals surface area (Å²) in [5.74, 6) is -0.764. The molecular formula is C19H24FN3O3S. The summed E-state index contributed by atoms with van der Waals surface area (Å²) in [6, 6.07) is 10.6. The van der Waals surface area contributed by atoms with Gasteiger partial charge in [0.25, 0.3) is 0 Å². The van der Waals surface area contributed by atoms with E-state index < -0.39 is 15.8 Å². The lowest BCUT2D eigenvalue weighted by molar-refractivity contribution is -0.114. The molecule has 146 valence electrons. The second kappa shape index (κ2) is 8.96. The highest BCUT2D eigenvalue weighted by Gasteiger charge is 2.24. The summed E-state index contributed by atoms with van der Waals surface area (Å²) in [7, 11) is -3.63. The molecule has 1 amide bonds. The fourth-order valence-electron chi connectivity index (χ4n) is 2.64. The highest BCUT2D eigenvalue weighted by atomic mass is 32.2. The molecule has 0 radical (unpaired) electrons. The Balaban J connectivity index is 2.12. The van der Waals surface area contributed by atoms with Gasteiger partial charge in [0.05, 0.1) is 11.4 Å². The maximum atomic E-state index is 13.2. The molecule has 27 heavy (non-hydrogen) atoms. The van der Waals surface area contributed by atoms with Gasteiger partial charge in [0.15, 0.2) is 0 Å². The van der Waals surface area contributed by atoms with Gasteiger partial charge in [0, 0.05) is 24.5 Å². The third-order valence-corrected chi connectivity index (χ3v) is 6.26. The molecule has 0 atom stereocenters. The molecular weight excluding hydrogens is 369 g/mol. The van der Waals surface area contributed by atoms with Gasteiger partial charge in [-0.25, -0.2) is 12.8 Å². The summed E-state index contributed by atoms with van der Waals surface area (Å²) in [6.07, 6.45) is 0. The topological polar surface area (TPSA) is 78.5 Å². The third-order valence-electron chi connectivity index (χ3n) is 4.07. The number of carbonyl (C=O) groups excluding carboxylic acids is 1. The summed E-state index contributed by atoms with van der Waals surface area (Å²) in [5.41, 5.74) is 1.48. The van der Waals surface area contributed by atoms with Crippen molar-refractivity contribution >= 4 is 27.3 Å². The van der Waals surface area contributed by atoms with Crippen LogP contribution < -0.4 is 10.6 Å². The summed E-state index contributed by atoms with van der Waals surface area (Å²) >= 11 is 0. The number of amides is 1. The number of hydrogen-bond donors (Lipinski definition) is 2. The zero-order valence-corrected chi connectivity index (χ0v) is 16.4. The number of sulfonamides is 1. The summed E-state index contributed by atoms with van der Waals surface area (Å²) in [4.78, 5) is 12.3. The van der Waals surface area contributed by atoms with Crippen LogP contribution in [0.2, 0.25) is 0 Å². The fraction of sp³-hybridized carbons (Fsp3) is 0.316.